The highest BCUT2D eigenvalue weighted by atomic mass is 32.1. The number of carboxylic acids is 1. The Hall–Kier alpha value is -1.69. The van der Waals surface area contributed by atoms with Gasteiger partial charge < -0.3 is 10.4 Å². The molecule has 1 saturated carbocycles. The Kier molecular flexibility index (Phi) is 2.89. The molecule has 2 N–H and O–H groups in total. The van der Waals surface area contributed by atoms with Crippen LogP contribution in [-0.4, -0.2) is 27.6 Å². The Morgan fingerprint density at radius 2 is 2.14 bits per heavy atom. The quantitative estimate of drug-likeness (QED) is 0.908. The molecule has 0 saturated heterocycles. The molecule has 0 aromatic carbocycles. The smallest absolute Gasteiger partial charge is 0.311 e. The van der Waals surface area contributed by atoms with Gasteiger partial charge in [-0.25, -0.2) is 9.97 Å². The summed E-state index contributed by atoms with van der Waals surface area (Å²) in [6.07, 6.45) is 7.77. The van der Waals surface area contributed by atoms with Gasteiger partial charge in [-0.2, -0.15) is 0 Å². The lowest BCUT2D eigenvalue weighted by atomic mass is 9.97. The molecule has 2 aromatic heterocycles. The lowest BCUT2D eigenvalue weighted by Crippen LogP contribution is -2.24. The van der Waals surface area contributed by atoms with Crippen LogP contribution in [0, 0.1) is 5.41 Å². The Morgan fingerprint density at radius 3 is 2.90 bits per heavy atom. The summed E-state index contributed by atoms with van der Waals surface area (Å²) in [7, 11) is 0. The van der Waals surface area contributed by atoms with Gasteiger partial charge in [0.1, 0.15) is 17.0 Å². The maximum absolute atomic E-state index is 11.3. The number of nitrogens with zero attached hydrogens (tertiary/aromatic N) is 2. The lowest BCUT2D eigenvalue weighted by Gasteiger charge is -2.14. The van der Waals surface area contributed by atoms with Crippen molar-refractivity contribution in [3.05, 3.63) is 16.8 Å². The van der Waals surface area contributed by atoms with Gasteiger partial charge in [0.15, 0.2) is 0 Å². The fraction of sp³-hybridized carbons (Fsp3) is 0.533. The van der Waals surface area contributed by atoms with E-state index in [9.17, 15) is 9.90 Å². The van der Waals surface area contributed by atoms with Gasteiger partial charge in [-0.3, -0.25) is 4.79 Å². The number of hydrogen-bond acceptors (Lipinski definition) is 5. The number of aryl methyl sites for hydroxylation is 2. The molecular formula is C15H17N3O2S. The molecule has 2 aliphatic rings. The Balaban J connectivity index is 1.68. The van der Waals surface area contributed by atoms with Crippen LogP contribution in [0.25, 0.3) is 10.2 Å². The maximum Gasteiger partial charge on any atom is 0.311 e. The van der Waals surface area contributed by atoms with Gasteiger partial charge in [-0.1, -0.05) is 0 Å². The minimum Gasteiger partial charge on any atom is -0.481 e. The van der Waals surface area contributed by atoms with Crippen molar-refractivity contribution in [3.63, 3.8) is 0 Å². The first kappa shape index (κ1) is 13.0. The van der Waals surface area contributed by atoms with Crippen molar-refractivity contribution in [2.75, 3.05) is 11.9 Å². The predicted molar refractivity (Wildman–Crippen MR) is 81.8 cm³/mol. The average Bonchev–Trinajstić information content (AvgIpc) is 3.19. The average molecular weight is 303 g/mol. The second kappa shape index (κ2) is 4.66. The van der Waals surface area contributed by atoms with Gasteiger partial charge in [0, 0.05) is 11.4 Å². The molecule has 2 aromatic rings. The molecule has 4 rings (SSSR count). The van der Waals surface area contributed by atoms with Gasteiger partial charge in [0.05, 0.1) is 10.8 Å². The Morgan fingerprint density at radius 1 is 1.33 bits per heavy atom. The number of carboxylic acid groups (broad SMARTS) is 1. The number of aliphatic carboxylic acids is 1. The monoisotopic (exact) mass is 303 g/mol. The van der Waals surface area contributed by atoms with E-state index < -0.39 is 11.4 Å². The van der Waals surface area contributed by atoms with Crippen LogP contribution in [0.4, 0.5) is 5.82 Å². The fourth-order valence-corrected chi connectivity index (χ4v) is 4.32. The van der Waals surface area contributed by atoms with E-state index in [4.69, 9.17) is 0 Å². The van der Waals surface area contributed by atoms with Crippen LogP contribution in [0.2, 0.25) is 0 Å². The summed E-state index contributed by atoms with van der Waals surface area (Å²) in [4.78, 5) is 22.5. The summed E-state index contributed by atoms with van der Waals surface area (Å²) in [5.74, 6) is 0.111. The first-order valence-corrected chi connectivity index (χ1v) is 8.24. The molecule has 0 unspecified atom stereocenters. The number of aromatic nitrogens is 2. The third-order valence-electron chi connectivity index (χ3n) is 4.65. The number of rotatable bonds is 4. The molecule has 0 amide bonds. The molecule has 2 aliphatic carbocycles. The van der Waals surface area contributed by atoms with E-state index >= 15 is 0 Å². The van der Waals surface area contributed by atoms with Crippen LogP contribution in [0.5, 0.6) is 0 Å². The molecule has 2 heterocycles. The third-order valence-corrected chi connectivity index (χ3v) is 5.85. The van der Waals surface area contributed by atoms with E-state index in [0.29, 0.717) is 6.54 Å². The number of nitrogens with one attached hydrogen (secondary N) is 1. The number of carbonyl (C=O) groups is 1. The van der Waals surface area contributed by atoms with Gasteiger partial charge >= 0.3 is 5.97 Å². The van der Waals surface area contributed by atoms with Crippen LogP contribution in [0.3, 0.4) is 0 Å². The first-order valence-electron chi connectivity index (χ1n) is 7.42. The molecule has 0 aliphatic heterocycles. The van der Waals surface area contributed by atoms with Crippen LogP contribution >= 0.6 is 11.3 Å². The summed E-state index contributed by atoms with van der Waals surface area (Å²) >= 11 is 1.76. The SMILES string of the molecule is O=C(O)C1(CNc2ncnc3sc4c(c23)CCCC4)CC1. The van der Waals surface area contributed by atoms with E-state index in [1.807, 2.05) is 0 Å². The number of anilines is 1. The molecule has 110 valence electrons. The van der Waals surface area contributed by atoms with E-state index in [-0.39, 0.29) is 0 Å². The second-order valence-electron chi connectivity index (χ2n) is 6.05. The minimum absolute atomic E-state index is 0.457. The van der Waals surface area contributed by atoms with Crippen molar-refractivity contribution in [1.82, 2.24) is 9.97 Å². The highest BCUT2D eigenvalue weighted by Gasteiger charge is 2.50. The molecule has 0 radical (unpaired) electrons. The largest absolute Gasteiger partial charge is 0.481 e. The van der Waals surface area contributed by atoms with Crippen molar-refractivity contribution in [3.8, 4) is 0 Å². The van der Waals surface area contributed by atoms with Crippen molar-refractivity contribution in [2.24, 2.45) is 5.41 Å². The first-order chi connectivity index (χ1) is 10.2. The zero-order valence-corrected chi connectivity index (χ0v) is 12.5. The van der Waals surface area contributed by atoms with Crippen molar-refractivity contribution in [2.45, 2.75) is 38.5 Å². The summed E-state index contributed by atoms with van der Waals surface area (Å²) in [6.45, 7) is 0.457. The summed E-state index contributed by atoms with van der Waals surface area (Å²) in [5, 5.41) is 13.7. The number of hydrogen-bond donors (Lipinski definition) is 2. The summed E-state index contributed by atoms with van der Waals surface area (Å²) < 4.78 is 0. The van der Waals surface area contributed by atoms with Crippen molar-refractivity contribution >= 4 is 33.3 Å². The molecular weight excluding hydrogens is 286 g/mol. The fourth-order valence-electron chi connectivity index (χ4n) is 3.09. The summed E-state index contributed by atoms with van der Waals surface area (Å²) in [6, 6.07) is 0. The van der Waals surface area contributed by atoms with E-state index in [0.717, 1.165) is 41.7 Å². The topological polar surface area (TPSA) is 75.1 Å². The highest BCUT2D eigenvalue weighted by molar-refractivity contribution is 7.19. The standard InChI is InChI=1S/C15H17N3O2S/c19-14(20)15(5-6-15)7-16-12-11-9-3-1-2-4-10(9)21-13(11)18-8-17-12/h8H,1-7H2,(H,19,20)(H,16,17,18). The van der Waals surface area contributed by atoms with E-state index in [2.05, 4.69) is 15.3 Å². The van der Waals surface area contributed by atoms with E-state index in [1.54, 1.807) is 17.7 Å². The normalized spacial score (nSPS) is 19.2. The number of fused-ring (bicyclic) bond motifs is 3. The molecule has 5 nitrogen and oxygen atoms in total. The molecule has 0 atom stereocenters. The molecule has 0 bridgehead atoms. The zero-order valence-electron chi connectivity index (χ0n) is 11.7. The Bertz CT molecular complexity index is 721. The van der Waals surface area contributed by atoms with Crippen LogP contribution in [-0.2, 0) is 17.6 Å². The lowest BCUT2D eigenvalue weighted by molar-refractivity contribution is -0.142. The minimum atomic E-state index is -0.701. The van der Waals surface area contributed by atoms with Crippen LogP contribution in [0.15, 0.2) is 6.33 Å². The molecule has 6 heteroatoms. The predicted octanol–water partition coefficient (Wildman–Crippen LogP) is 2.85. The maximum atomic E-state index is 11.3. The molecule has 21 heavy (non-hydrogen) atoms. The van der Waals surface area contributed by atoms with Gasteiger partial charge in [0.25, 0.3) is 0 Å². The Labute approximate surface area is 126 Å². The highest BCUT2D eigenvalue weighted by Crippen LogP contribution is 2.46. The third kappa shape index (κ3) is 2.09. The van der Waals surface area contributed by atoms with Gasteiger partial charge in [0.2, 0.25) is 0 Å². The van der Waals surface area contributed by atoms with Crippen LogP contribution in [0.1, 0.15) is 36.1 Å². The zero-order chi connectivity index (χ0) is 14.4. The van der Waals surface area contributed by atoms with Crippen LogP contribution < -0.4 is 5.32 Å². The van der Waals surface area contributed by atoms with Crippen molar-refractivity contribution in [1.29, 1.82) is 0 Å². The molecule has 0 spiro atoms. The second-order valence-corrected chi connectivity index (χ2v) is 7.14. The summed E-state index contributed by atoms with van der Waals surface area (Å²) in [5.41, 5.74) is 0.803. The molecule has 1 fully saturated rings. The van der Waals surface area contributed by atoms with Gasteiger partial charge in [-0.15, -0.1) is 11.3 Å². The number of thiophene rings is 1. The van der Waals surface area contributed by atoms with E-state index in [1.165, 1.54) is 23.3 Å². The van der Waals surface area contributed by atoms with Gasteiger partial charge in [-0.05, 0) is 44.1 Å². The van der Waals surface area contributed by atoms with Crippen molar-refractivity contribution < 1.29 is 9.90 Å².